The van der Waals surface area contributed by atoms with E-state index in [1.807, 2.05) is 0 Å². The van der Waals surface area contributed by atoms with Gasteiger partial charge in [0.1, 0.15) is 0 Å². The van der Waals surface area contributed by atoms with Crippen molar-refractivity contribution >= 4 is 11.7 Å². The van der Waals surface area contributed by atoms with Crippen LogP contribution in [0.5, 0.6) is 11.5 Å². The van der Waals surface area contributed by atoms with Gasteiger partial charge in [-0.2, -0.15) is 0 Å². The predicted octanol–water partition coefficient (Wildman–Crippen LogP) is 1.46. The molecule has 0 saturated carbocycles. The molecule has 5 heteroatoms. The highest BCUT2D eigenvalue weighted by molar-refractivity contribution is 5.96. The second-order valence-corrected chi connectivity index (χ2v) is 3.01. The lowest BCUT2D eigenvalue weighted by Gasteiger charge is -2.11. The van der Waals surface area contributed by atoms with E-state index in [-0.39, 0.29) is 5.56 Å². The Hall–Kier alpha value is -1.91. The lowest BCUT2D eigenvalue weighted by Crippen LogP contribution is -2.08. The van der Waals surface area contributed by atoms with Crippen molar-refractivity contribution in [2.24, 2.45) is 0 Å². The first-order chi connectivity index (χ1) is 7.63. The minimum Gasteiger partial charge on any atom is -0.493 e. The summed E-state index contributed by atoms with van der Waals surface area (Å²) in [5.41, 5.74) is 6.29. The number of benzene rings is 1. The fourth-order valence-electron chi connectivity index (χ4n) is 1.28. The molecule has 0 heterocycles. The number of hydrogen-bond acceptors (Lipinski definition) is 5. The summed E-state index contributed by atoms with van der Waals surface area (Å²) in [4.78, 5) is 11.5. The number of anilines is 1. The van der Waals surface area contributed by atoms with Gasteiger partial charge in [0.2, 0.25) is 0 Å². The third-order valence-corrected chi connectivity index (χ3v) is 2.05. The Morgan fingerprint density at radius 3 is 2.31 bits per heavy atom. The Morgan fingerprint density at radius 1 is 1.25 bits per heavy atom. The Bertz CT molecular complexity index is 390. The van der Waals surface area contributed by atoms with Gasteiger partial charge in [-0.25, -0.2) is 4.79 Å². The Kier molecular flexibility index (Phi) is 3.99. The quantitative estimate of drug-likeness (QED) is 0.620. The van der Waals surface area contributed by atoms with Crippen LogP contribution in [0.3, 0.4) is 0 Å². The first-order valence-corrected chi connectivity index (χ1v) is 4.82. The molecule has 16 heavy (non-hydrogen) atoms. The molecule has 0 radical (unpaired) electrons. The molecular formula is C11H15NO4. The van der Waals surface area contributed by atoms with E-state index in [0.29, 0.717) is 23.8 Å². The largest absolute Gasteiger partial charge is 0.493 e. The Morgan fingerprint density at radius 2 is 1.81 bits per heavy atom. The van der Waals surface area contributed by atoms with Gasteiger partial charge in [-0.05, 0) is 6.92 Å². The molecule has 0 unspecified atom stereocenters. The number of rotatable bonds is 4. The number of nitrogen functional groups attached to an aromatic ring is 1. The van der Waals surface area contributed by atoms with E-state index in [9.17, 15) is 4.79 Å². The summed E-state index contributed by atoms with van der Waals surface area (Å²) >= 11 is 0. The zero-order chi connectivity index (χ0) is 12.1. The number of nitrogens with two attached hydrogens (primary N) is 1. The van der Waals surface area contributed by atoms with Gasteiger partial charge in [-0.3, -0.25) is 0 Å². The number of methoxy groups -OCH3 is 2. The van der Waals surface area contributed by atoms with E-state index in [4.69, 9.17) is 19.9 Å². The molecule has 0 atom stereocenters. The molecule has 1 rings (SSSR count). The van der Waals surface area contributed by atoms with Crippen LogP contribution in [-0.4, -0.2) is 26.8 Å². The lowest BCUT2D eigenvalue weighted by molar-refractivity contribution is 0.0527. The van der Waals surface area contributed by atoms with Crippen LogP contribution in [0, 0.1) is 0 Å². The lowest BCUT2D eigenvalue weighted by atomic mass is 10.1. The number of hydrogen-bond donors (Lipinski definition) is 1. The molecule has 2 N–H and O–H groups in total. The standard InChI is InChI=1S/C11H15NO4/c1-4-16-11(13)7-5-9(14-2)10(15-3)6-8(7)12/h5-6H,4,12H2,1-3H3. The molecule has 0 fully saturated rings. The van der Waals surface area contributed by atoms with E-state index < -0.39 is 5.97 Å². The summed E-state index contributed by atoms with van der Waals surface area (Å²) in [6.07, 6.45) is 0. The first-order valence-electron chi connectivity index (χ1n) is 4.82. The smallest absolute Gasteiger partial charge is 0.340 e. The molecule has 0 aromatic heterocycles. The Balaban J connectivity index is 3.15. The van der Waals surface area contributed by atoms with Crippen molar-refractivity contribution in [1.82, 2.24) is 0 Å². The minimum absolute atomic E-state index is 0.277. The van der Waals surface area contributed by atoms with Gasteiger partial charge >= 0.3 is 5.97 Å². The molecule has 1 aromatic carbocycles. The maximum atomic E-state index is 11.5. The number of esters is 1. The van der Waals surface area contributed by atoms with E-state index in [1.54, 1.807) is 6.92 Å². The SMILES string of the molecule is CCOC(=O)c1cc(OC)c(OC)cc1N. The second-order valence-electron chi connectivity index (χ2n) is 3.01. The topological polar surface area (TPSA) is 70.8 Å². The van der Waals surface area contributed by atoms with E-state index >= 15 is 0 Å². The van der Waals surface area contributed by atoms with Crippen molar-refractivity contribution in [3.8, 4) is 11.5 Å². The average Bonchev–Trinajstić information content (AvgIpc) is 2.28. The van der Waals surface area contributed by atoms with Crippen LogP contribution in [0.25, 0.3) is 0 Å². The van der Waals surface area contributed by atoms with Crippen molar-refractivity contribution in [1.29, 1.82) is 0 Å². The van der Waals surface area contributed by atoms with Crippen molar-refractivity contribution in [2.45, 2.75) is 6.92 Å². The molecule has 0 amide bonds. The summed E-state index contributed by atoms with van der Waals surface area (Å²) < 4.78 is 15.0. The molecule has 0 aliphatic rings. The fourth-order valence-corrected chi connectivity index (χ4v) is 1.28. The van der Waals surface area contributed by atoms with Crippen molar-refractivity contribution < 1.29 is 19.0 Å². The van der Waals surface area contributed by atoms with Crippen LogP contribution in [0.1, 0.15) is 17.3 Å². The third kappa shape index (κ3) is 2.36. The maximum Gasteiger partial charge on any atom is 0.340 e. The predicted molar refractivity (Wildman–Crippen MR) is 59.9 cm³/mol. The molecule has 0 saturated heterocycles. The second kappa shape index (κ2) is 5.25. The summed E-state index contributed by atoms with van der Waals surface area (Å²) in [5.74, 6) is 0.453. The molecule has 5 nitrogen and oxygen atoms in total. The van der Waals surface area contributed by atoms with Crippen LogP contribution >= 0.6 is 0 Å². The van der Waals surface area contributed by atoms with Gasteiger partial charge in [0.15, 0.2) is 11.5 Å². The van der Waals surface area contributed by atoms with Gasteiger partial charge in [-0.1, -0.05) is 0 Å². The van der Waals surface area contributed by atoms with Gasteiger partial charge in [0, 0.05) is 12.1 Å². The van der Waals surface area contributed by atoms with Gasteiger partial charge < -0.3 is 19.9 Å². The zero-order valence-electron chi connectivity index (χ0n) is 9.57. The Labute approximate surface area is 94.1 Å². The van der Waals surface area contributed by atoms with Crippen LogP contribution in [0.4, 0.5) is 5.69 Å². The molecule has 0 spiro atoms. The average molecular weight is 225 g/mol. The third-order valence-electron chi connectivity index (χ3n) is 2.05. The van der Waals surface area contributed by atoms with E-state index in [2.05, 4.69) is 0 Å². The van der Waals surface area contributed by atoms with Crippen LogP contribution in [0.15, 0.2) is 12.1 Å². The highest BCUT2D eigenvalue weighted by Crippen LogP contribution is 2.32. The molecule has 1 aromatic rings. The monoisotopic (exact) mass is 225 g/mol. The summed E-state index contributed by atoms with van der Waals surface area (Å²) in [6, 6.07) is 3.04. The van der Waals surface area contributed by atoms with Crippen molar-refractivity contribution in [2.75, 3.05) is 26.6 Å². The number of carbonyl (C=O) groups excluding carboxylic acids is 1. The molecule has 88 valence electrons. The summed E-state index contributed by atoms with van der Waals surface area (Å²) in [5, 5.41) is 0. The van der Waals surface area contributed by atoms with Crippen molar-refractivity contribution in [3.05, 3.63) is 17.7 Å². The summed E-state index contributed by atoms with van der Waals surface area (Å²) in [7, 11) is 2.99. The zero-order valence-corrected chi connectivity index (χ0v) is 9.57. The highest BCUT2D eigenvalue weighted by Gasteiger charge is 2.15. The molecule has 0 aliphatic heterocycles. The van der Waals surface area contributed by atoms with E-state index in [0.717, 1.165) is 0 Å². The normalized spacial score (nSPS) is 9.69. The first kappa shape index (κ1) is 12.2. The summed E-state index contributed by atoms with van der Waals surface area (Å²) in [6.45, 7) is 2.03. The molecule has 0 bridgehead atoms. The number of carbonyl (C=O) groups is 1. The molecule has 0 aliphatic carbocycles. The van der Waals surface area contributed by atoms with Gasteiger partial charge in [0.25, 0.3) is 0 Å². The highest BCUT2D eigenvalue weighted by atomic mass is 16.5. The van der Waals surface area contributed by atoms with Crippen LogP contribution < -0.4 is 15.2 Å². The van der Waals surface area contributed by atoms with Gasteiger partial charge in [-0.15, -0.1) is 0 Å². The molecular weight excluding hydrogens is 210 g/mol. The van der Waals surface area contributed by atoms with Crippen LogP contribution in [-0.2, 0) is 4.74 Å². The van der Waals surface area contributed by atoms with Gasteiger partial charge in [0.05, 0.1) is 32.1 Å². The minimum atomic E-state index is -0.471. The van der Waals surface area contributed by atoms with Crippen LogP contribution in [0.2, 0.25) is 0 Å². The van der Waals surface area contributed by atoms with E-state index in [1.165, 1.54) is 26.4 Å². The van der Waals surface area contributed by atoms with Crippen molar-refractivity contribution in [3.63, 3.8) is 0 Å². The fraction of sp³-hybridized carbons (Fsp3) is 0.364. The maximum absolute atomic E-state index is 11.5. The number of ether oxygens (including phenoxy) is 3.